The van der Waals surface area contributed by atoms with Gasteiger partial charge >= 0.3 is 6.36 Å². The molecular weight excluding hydrogens is 623 g/mol. The number of halogens is 5. The second kappa shape index (κ2) is 13.1. The monoisotopic (exact) mass is 650 g/mol. The lowest BCUT2D eigenvalue weighted by Crippen LogP contribution is -2.45. The number of carbonyl (C=O) groups is 1. The Morgan fingerprint density at radius 2 is 1.78 bits per heavy atom. The van der Waals surface area contributed by atoms with Crippen molar-refractivity contribution >= 4 is 23.4 Å². The van der Waals surface area contributed by atoms with E-state index in [4.69, 9.17) is 9.47 Å². The number of nitrogens with one attached hydrogen (secondary N) is 1. The minimum Gasteiger partial charge on any atom is -0.406 e. The number of hydrogen-bond donors (Lipinski definition) is 2. The molecule has 1 saturated heterocycles. The van der Waals surface area contributed by atoms with Gasteiger partial charge < -0.3 is 24.6 Å². The average molecular weight is 651 g/mol. The molecule has 2 heterocycles. The van der Waals surface area contributed by atoms with Gasteiger partial charge in [0, 0.05) is 33.7 Å². The summed E-state index contributed by atoms with van der Waals surface area (Å²) in [6.45, 7) is 2.05. The van der Waals surface area contributed by atoms with E-state index in [0.717, 1.165) is 30.0 Å². The largest absolute Gasteiger partial charge is 0.573 e. The van der Waals surface area contributed by atoms with Crippen LogP contribution in [0.25, 0.3) is 0 Å². The Labute approximate surface area is 258 Å². The summed E-state index contributed by atoms with van der Waals surface area (Å²) in [5.41, 5.74) is -1.12. The normalized spacial score (nSPS) is 16.9. The fraction of sp³-hybridized carbons (Fsp3) is 0.300. The third kappa shape index (κ3) is 7.61. The average Bonchev–Trinajstić information content (AvgIpc) is 3.50. The molecular formula is C30H27F5N4O5S. The zero-order chi connectivity index (χ0) is 32.2. The fourth-order valence-corrected chi connectivity index (χ4v) is 6.19. The molecule has 1 aliphatic rings. The molecule has 2 N–H and O–H groups in total. The minimum absolute atomic E-state index is 0.157. The summed E-state index contributed by atoms with van der Waals surface area (Å²) in [7, 11) is 0. The van der Waals surface area contributed by atoms with Crippen molar-refractivity contribution in [1.82, 2.24) is 14.8 Å². The summed E-state index contributed by atoms with van der Waals surface area (Å²) in [5, 5.41) is 16.4. The SMILES string of the molecule is C[C@H](SC1(c2ccc(C(=O)Nc3ccc(OC(F)(F)F)cc3)cc2)OCCCO1)[C@](O)(Cn1cncn1)c1ccc(F)cc1F. The number of hydrogen-bond acceptors (Lipinski definition) is 8. The summed E-state index contributed by atoms with van der Waals surface area (Å²) in [4.78, 5) is 16.8. The van der Waals surface area contributed by atoms with Crippen LogP contribution in [0.3, 0.4) is 0 Å². The van der Waals surface area contributed by atoms with Crippen LogP contribution in [0.5, 0.6) is 5.75 Å². The molecule has 0 saturated carbocycles. The van der Waals surface area contributed by atoms with Crippen molar-refractivity contribution in [3.05, 3.63) is 108 Å². The number of anilines is 1. The van der Waals surface area contributed by atoms with Gasteiger partial charge in [-0.3, -0.25) is 4.79 Å². The van der Waals surface area contributed by atoms with E-state index in [2.05, 4.69) is 20.1 Å². The smallest absolute Gasteiger partial charge is 0.406 e. The molecule has 0 bridgehead atoms. The van der Waals surface area contributed by atoms with E-state index in [1.54, 1.807) is 19.1 Å². The maximum atomic E-state index is 15.1. The van der Waals surface area contributed by atoms with Crippen molar-refractivity contribution in [3.8, 4) is 5.75 Å². The highest BCUT2D eigenvalue weighted by atomic mass is 32.2. The van der Waals surface area contributed by atoms with Crippen molar-refractivity contribution in [2.45, 2.75) is 42.2 Å². The summed E-state index contributed by atoms with van der Waals surface area (Å²) >= 11 is 1.07. The lowest BCUT2D eigenvalue weighted by Gasteiger charge is -2.42. The third-order valence-electron chi connectivity index (χ3n) is 6.99. The number of ether oxygens (including phenoxy) is 3. The van der Waals surface area contributed by atoms with Crippen molar-refractivity contribution in [2.75, 3.05) is 18.5 Å². The molecule has 0 aliphatic carbocycles. The Bertz CT molecular complexity index is 1600. The lowest BCUT2D eigenvalue weighted by molar-refractivity contribution is -0.274. The first-order valence-corrected chi connectivity index (χ1v) is 14.5. The predicted molar refractivity (Wildman–Crippen MR) is 153 cm³/mol. The van der Waals surface area contributed by atoms with Gasteiger partial charge in [0.1, 0.15) is 35.6 Å². The van der Waals surface area contributed by atoms with Crippen LogP contribution >= 0.6 is 11.8 Å². The first-order valence-electron chi connectivity index (χ1n) is 13.6. The number of benzene rings is 3. The first-order chi connectivity index (χ1) is 21.4. The molecule has 0 unspecified atom stereocenters. The molecule has 15 heteroatoms. The number of aliphatic hydroxyl groups is 1. The second-order valence-corrected chi connectivity index (χ2v) is 11.6. The Hall–Kier alpha value is -4.05. The van der Waals surface area contributed by atoms with E-state index in [1.165, 1.54) is 47.7 Å². The van der Waals surface area contributed by atoms with Crippen LogP contribution in [0.1, 0.15) is 34.8 Å². The Balaban J connectivity index is 1.37. The molecule has 2 atom stereocenters. The topological polar surface area (TPSA) is 108 Å². The number of carbonyl (C=O) groups excluding carboxylic acids is 1. The molecule has 3 aromatic carbocycles. The van der Waals surface area contributed by atoms with Crippen LogP contribution in [0, 0.1) is 11.6 Å². The molecule has 238 valence electrons. The van der Waals surface area contributed by atoms with Gasteiger partial charge in [-0.1, -0.05) is 30.0 Å². The van der Waals surface area contributed by atoms with Gasteiger partial charge in [-0.15, -0.1) is 13.2 Å². The Kier molecular flexibility index (Phi) is 9.44. The summed E-state index contributed by atoms with van der Waals surface area (Å²) in [6, 6.07) is 13.9. The van der Waals surface area contributed by atoms with E-state index < -0.39 is 45.6 Å². The number of rotatable bonds is 10. The van der Waals surface area contributed by atoms with Gasteiger partial charge in [-0.2, -0.15) is 5.10 Å². The Morgan fingerprint density at radius 1 is 1.09 bits per heavy atom. The van der Waals surface area contributed by atoms with Crippen molar-refractivity contribution in [1.29, 1.82) is 0 Å². The van der Waals surface area contributed by atoms with Crippen molar-refractivity contribution in [3.63, 3.8) is 0 Å². The zero-order valence-corrected chi connectivity index (χ0v) is 24.4. The van der Waals surface area contributed by atoms with Crippen molar-refractivity contribution < 1.29 is 46.1 Å². The summed E-state index contributed by atoms with van der Waals surface area (Å²) in [5.74, 6) is -2.69. The van der Waals surface area contributed by atoms with Crippen LogP contribution in [0.15, 0.2) is 79.4 Å². The van der Waals surface area contributed by atoms with Crippen LogP contribution in [-0.2, 0) is 26.7 Å². The van der Waals surface area contributed by atoms with Crippen molar-refractivity contribution in [2.24, 2.45) is 0 Å². The Morgan fingerprint density at radius 3 is 2.38 bits per heavy atom. The molecule has 45 heavy (non-hydrogen) atoms. The van der Waals surface area contributed by atoms with E-state index in [9.17, 15) is 27.5 Å². The first kappa shape index (κ1) is 32.3. The van der Waals surface area contributed by atoms with Gasteiger partial charge in [-0.25, -0.2) is 18.4 Å². The highest BCUT2D eigenvalue weighted by molar-refractivity contribution is 8.00. The van der Waals surface area contributed by atoms with Gasteiger partial charge in [0.05, 0.1) is 19.8 Å². The molecule has 9 nitrogen and oxygen atoms in total. The highest BCUT2D eigenvalue weighted by Crippen LogP contribution is 2.48. The van der Waals surface area contributed by atoms with Gasteiger partial charge in [0.25, 0.3) is 5.91 Å². The number of aromatic nitrogens is 3. The fourth-order valence-electron chi connectivity index (χ4n) is 4.75. The second-order valence-electron chi connectivity index (χ2n) is 10.1. The van der Waals surface area contributed by atoms with E-state index in [1.807, 2.05) is 0 Å². The standard InChI is InChI=1S/C30H27F5N4O5S/c1-19(28(41,16-39-18-36-17-37-39)25-12-7-22(31)15-26(25)32)45-29(42-13-2-14-43-29)21-5-3-20(4-6-21)27(40)38-23-8-10-24(11-9-23)44-30(33,34)35/h3-12,15,17-19,41H,2,13-14,16H2,1H3,(H,38,40)/t19-,28+/m0/s1. The molecule has 1 fully saturated rings. The highest BCUT2D eigenvalue weighted by Gasteiger charge is 2.47. The zero-order valence-electron chi connectivity index (χ0n) is 23.6. The summed E-state index contributed by atoms with van der Waals surface area (Å²) < 4.78 is 83.6. The molecule has 4 aromatic rings. The molecule has 1 amide bonds. The van der Waals surface area contributed by atoms with E-state index >= 15 is 4.39 Å². The number of thioether (sulfide) groups is 1. The maximum Gasteiger partial charge on any atom is 0.573 e. The van der Waals surface area contributed by atoms with E-state index in [0.29, 0.717) is 31.3 Å². The molecule has 1 aromatic heterocycles. The number of nitrogens with zero attached hydrogens (tertiary/aromatic N) is 3. The minimum atomic E-state index is -4.83. The lowest BCUT2D eigenvalue weighted by atomic mass is 9.90. The third-order valence-corrected chi connectivity index (χ3v) is 8.52. The molecule has 1 aliphatic heterocycles. The van der Waals surface area contributed by atoms with E-state index in [-0.39, 0.29) is 23.4 Å². The van der Waals surface area contributed by atoms with Crippen LogP contribution < -0.4 is 10.1 Å². The predicted octanol–water partition coefficient (Wildman–Crippen LogP) is 5.96. The van der Waals surface area contributed by atoms with Gasteiger partial charge in [-0.05, 0) is 55.8 Å². The molecule has 5 rings (SSSR count). The van der Waals surface area contributed by atoms with Gasteiger partial charge in [0.15, 0.2) is 0 Å². The molecule has 0 spiro atoms. The maximum absolute atomic E-state index is 15.1. The van der Waals surface area contributed by atoms with Gasteiger partial charge in [0.2, 0.25) is 5.12 Å². The molecule has 0 radical (unpaired) electrons. The number of alkyl halides is 3. The van der Waals surface area contributed by atoms with Crippen LogP contribution in [0.2, 0.25) is 0 Å². The number of amides is 1. The van der Waals surface area contributed by atoms with Crippen LogP contribution in [-0.4, -0.2) is 50.6 Å². The summed E-state index contributed by atoms with van der Waals surface area (Å²) in [6.07, 6.45) is -1.61. The quantitative estimate of drug-likeness (QED) is 0.203. The van der Waals surface area contributed by atoms with Crippen LogP contribution in [0.4, 0.5) is 27.6 Å².